The molecule has 2 aromatic rings. The van der Waals surface area contributed by atoms with Gasteiger partial charge in [0.1, 0.15) is 0 Å². The molecule has 0 bridgehead atoms. The first-order valence-electron chi connectivity index (χ1n) is 6.10. The molecule has 3 nitrogen and oxygen atoms in total. The Balaban J connectivity index is 1.68. The summed E-state index contributed by atoms with van der Waals surface area (Å²) in [5.41, 5.74) is 1.28. The van der Waals surface area contributed by atoms with Crippen LogP contribution in [0.5, 0.6) is 0 Å². The van der Waals surface area contributed by atoms with Crippen molar-refractivity contribution in [1.29, 1.82) is 0 Å². The SMILES string of the molecule is CN(CCCCn1cccn1)c1ccccc1. The van der Waals surface area contributed by atoms with E-state index in [0.29, 0.717) is 0 Å². The minimum atomic E-state index is 1.01. The van der Waals surface area contributed by atoms with Crippen LogP contribution in [0.4, 0.5) is 5.69 Å². The van der Waals surface area contributed by atoms with Crippen molar-refractivity contribution in [2.75, 3.05) is 18.5 Å². The van der Waals surface area contributed by atoms with E-state index in [1.807, 2.05) is 23.1 Å². The number of unbranched alkanes of at least 4 members (excludes halogenated alkanes) is 1. The van der Waals surface area contributed by atoms with Crippen molar-refractivity contribution in [3.63, 3.8) is 0 Å². The lowest BCUT2D eigenvalue weighted by Crippen LogP contribution is -2.18. The van der Waals surface area contributed by atoms with Crippen molar-refractivity contribution < 1.29 is 0 Å². The van der Waals surface area contributed by atoms with Gasteiger partial charge in [-0.1, -0.05) is 18.2 Å². The summed E-state index contributed by atoms with van der Waals surface area (Å²) in [5.74, 6) is 0. The van der Waals surface area contributed by atoms with Crippen LogP contribution in [0.3, 0.4) is 0 Å². The number of rotatable bonds is 6. The van der Waals surface area contributed by atoms with Gasteiger partial charge in [0.25, 0.3) is 0 Å². The van der Waals surface area contributed by atoms with Crippen molar-refractivity contribution >= 4 is 5.69 Å². The van der Waals surface area contributed by atoms with Gasteiger partial charge in [0.05, 0.1) is 0 Å². The van der Waals surface area contributed by atoms with Gasteiger partial charge < -0.3 is 4.90 Å². The van der Waals surface area contributed by atoms with E-state index in [1.54, 1.807) is 0 Å². The van der Waals surface area contributed by atoms with Crippen LogP contribution in [0, 0.1) is 0 Å². The first kappa shape index (κ1) is 11.7. The van der Waals surface area contributed by atoms with Crippen LogP contribution >= 0.6 is 0 Å². The van der Waals surface area contributed by atoms with Crippen molar-refractivity contribution in [3.05, 3.63) is 48.8 Å². The standard InChI is InChI=1S/C14H19N3/c1-16(14-8-3-2-4-9-14)11-5-6-12-17-13-7-10-15-17/h2-4,7-10,13H,5-6,11-12H2,1H3. The quantitative estimate of drug-likeness (QED) is 0.710. The first-order valence-corrected chi connectivity index (χ1v) is 6.10. The summed E-state index contributed by atoms with van der Waals surface area (Å²) < 4.78 is 1.99. The predicted octanol–water partition coefficient (Wildman–Crippen LogP) is 2.80. The zero-order chi connectivity index (χ0) is 11.9. The van der Waals surface area contributed by atoms with Crippen LogP contribution in [0.25, 0.3) is 0 Å². The summed E-state index contributed by atoms with van der Waals surface area (Å²) >= 11 is 0. The predicted molar refractivity (Wildman–Crippen MR) is 71.2 cm³/mol. The van der Waals surface area contributed by atoms with Gasteiger partial charge >= 0.3 is 0 Å². The number of hydrogen-bond acceptors (Lipinski definition) is 2. The molecule has 0 aliphatic rings. The second kappa shape index (κ2) is 6.09. The van der Waals surface area contributed by atoms with Gasteiger partial charge in [0.15, 0.2) is 0 Å². The number of aryl methyl sites for hydroxylation is 1. The molecule has 90 valence electrons. The Hall–Kier alpha value is -1.77. The second-order valence-electron chi connectivity index (χ2n) is 4.23. The van der Waals surface area contributed by atoms with Crippen LogP contribution in [0.2, 0.25) is 0 Å². The van der Waals surface area contributed by atoms with Crippen molar-refractivity contribution in [1.82, 2.24) is 9.78 Å². The average molecular weight is 229 g/mol. The normalized spacial score (nSPS) is 10.4. The summed E-state index contributed by atoms with van der Waals surface area (Å²) in [6, 6.07) is 12.5. The average Bonchev–Trinajstić information content (AvgIpc) is 2.88. The maximum Gasteiger partial charge on any atom is 0.0489 e. The molecular formula is C14H19N3. The van der Waals surface area contributed by atoms with Gasteiger partial charge in [0, 0.05) is 38.2 Å². The van der Waals surface area contributed by atoms with E-state index in [9.17, 15) is 0 Å². The molecule has 0 N–H and O–H groups in total. The van der Waals surface area contributed by atoms with Crippen molar-refractivity contribution in [2.45, 2.75) is 19.4 Å². The number of aromatic nitrogens is 2. The van der Waals surface area contributed by atoms with Crippen molar-refractivity contribution in [2.24, 2.45) is 0 Å². The van der Waals surface area contributed by atoms with Gasteiger partial charge in [-0.05, 0) is 31.0 Å². The summed E-state index contributed by atoms with van der Waals surface area (Å²) in [4.78, 5) is 2.29. The molecule has 0 radical (unpaired) electrons. The Morgan fingerprint density at radius 2 is 1.94 bits per heavy atom. The van der Waals surface area contributed by atoms with E-state index in [4.69, 9.17) is 0 Å². The Labute approximate surface area is 103 Å². The number of benzene rings is 1. The Morgan fingerprint density at radius 3 is 2.65 bits per heavy atom. The fraction of sp³-hybridized carbons (Fsp3) is 0.357. The maximum atomic E-state index is 4.19. The molecule has 0 aliphatic carbocycles. The summed E-state index contributed by atoms with van der Waals surface area (Å²) in [5, 5.41) is 4.19. The minimum Gasteiger partial charge on any atom is -0.375 e. The molecule has 0 atom stereocenters. The van der Waals surface area contributed by atoms with E-state index < -0.39 is 0 Å². The zero-order valence-corrected chi connectivity index (χ0v) is 10.3. The fourth-order valence-corrected chi connectivity index (χ4v) is 1.87. The van der Waals surface area contributed by atoms with Gasteiger partial charge in [-0.2, -0.15) is 5.10 Å². The smallest absolute Gasteiger partial charge is 0.0489 e. The van der Waals surface area contributed by atoms with Gasteiger partial charge in [-0.3, -0.25) is 4.68 Å². The summed E-state index contributed by atoms with van der Waals surface area (Å²) in [7, 11) is 2.14. The van der Waals surface area contributed by atoms with E-state index in [0.717, 1.165) is 13.1 Å². The van der Waals surface area contributed by atoms with Gasteiger partial charge in [-0.15, -0.1) is 0 Å². The van der Waals surface area contributed by atoms with E-state index in [1.165, 1.54) is 18.5 Å². The Morgan fingerprint density at radius 1 is 1.12 bits per heavy atom. The van der Waals surface area contributed by atoms with Crippen LogP contribution in [-0.4, -0.2) is 23.4 Å². The first-order chi connectivity index (χ1) is 8.36. The second-order valence-corrected chi connectivity index (χ2v) is 4.23. The molecular weight excluding hydrogens is 210 g/mol. The van der Waals surface area contributed by atoms with E-state index >= 15 is 0 Å². The minimum absolute atomic E-state index is 1.01. The monoisotopic (exact) mass is 229 g/mol. The van der Waals surface area contributed by atoms with E-state index in [-0.39, 0.29) is 0 Å². The lowest BCUT2D eigenvalue weighted by molar-refractivity contribution is 0.557. The number of anilines is 1. The Bertz CT molecular complexity index is 408. The molecule has 1 aromatic heterocycles. The van der Waals surface area contributed by atoms with Crippen LogP contribution < -0.4 is 4.90 Å². The number of nitrogens with zero attached hydrogens (tertiary/aromatic N) is 3. The van der Waals surface area contributed by atoms with Crippen LogP contribution in [0.15, 0.2) is 48.8 Å². The summed E-state index contributed by atoms with van der Waals surface area (Å²) in [6.07, 6.45) is 6.20. The molecule has 0 amide bonds. The molecule has 0 aliphatic heterocycles. The Kier molecular flexibility index (Phi) is 4.19. The highest BCUT2D eigenvalue weighted by atomic mass is 15.3. The molecule has 2 rings (SSSR count). The summed E-state index contributed by atoms with van der Waals surface area (Å²) in [6.45, 7) is 2.10. The molecule has 17 heavy (non-hydrogen) atoms. The topological polar surface area (TPSA) is 21.1 Å². The van der Waals surface area contributed by atoms with Crippen LogP contribution in [-0.2, 0) is 6.54 Å². The largest absolute Gasteiger partial charge is 0.375 e. The third-order valence-corrected chi connectivity index (χ3v) is 2.89. The van der Waals surface area contributed by atoms with E-state index in [2.05, 4.69) is 47.4 Å². The fourth-order valence-electron chi connectivity index (χ4n) is 1.87. The van der Waals surface area contributed by atoms with Crippen molar-refractivity contribution in [3.8, 4) is 0 Å². The molecule has 1 heterocycles. The lowest BCUT2D eigenvalue weighted by atomic mass is 10.2. The third-order valence-electron chi connectivity index (χ3n) is 2.89. The number of para-hydroxylation sites is 1. The molecule has 0 fully saturated rings. The molecule has 0 unspecified atom stereocenters. The molecule has 0 spiro atoms. The molecule has 0 saturated heterocycles. The maximum absolute atomic E-state index is 4.19. The highest BCUT2D eigenvalue weighted by Gasteiger charge is 1.99. The lowest BCUT2D eigenvalue weighted by Gasteiger charge is -2.18. The zero-order valence-electron chi connectivity index (χ0n) is 10.3. The van der Waals surface area contributed by atoms with Gasteiger partial charge in [0.2, 0.25) is 0 Å². The molecule has 3 heteroatoms. The van der Waals surface area contributed by atoms with Crippen LogP contribution in [0.1, 0.15) is 12.8 Å². The molecule has 0 saturated carbocycles. The number of hydrogen-bond donors (Lipinski definition) is 0. The van der Waals surface area contributed by atoms with Gasteiger partial charge in [-0.25, -0.2) is 0 Å². The highest BCUT2D eigenvalue weighted by molar-refractivity contribution is 5.44. The molecule has 1 aromatic carbocycles. The third kappa shape index (κ3) is 3.63. The highest BCUT2D eigenvalue weighted by Crippen LogP contribution is 2.11.